The molecule has 1 aromatic rings. The average molecular weight is 219 g/mol. The van der Waals surface area contributed by atoms with Crippen LogP contribution in [0.4, 0.5) is 5.95 Å². The molecule has 86 valence electrons. The first-order valence-corrected chi connectivity index (χ1v) is 6.08. The fourth-order valence-corrected chi connectivity index (χ4v) is 1.90. The van der Waals surface area contributed by atoms with Crippen LogP contribution in [0.15, 0.2) is 6.07 Å². The lowest BCUT2D eigenvalue weighted by Crippen LogP contribution is -2.38. The minimum atomic E-state index is 0.388. The van der Waals surface area contributed by atoms with Crippen molar-refractivity contribution in [2.75, 3.05) is 18.0 Å². The zero-order valence-electron chi connectivity index (χ0n) is 9.65. The highest BCUT2D eigenvalue weighted by Gasteiger charge is 2.22. The van der Waals surface area contributed by atoms with Crippen LogP contribution < -0.4 is 9.64 Å². The van der Waals surface area contributed by atoms with Gasteiger partial charge < -0.3 is 9.64 Å². The summed E-state index contributed by atoms with van der Waals surface area (Å²) in [7, 11) is 0. The van der Waals surface area contributed by atoms with Gasteiger partial charge in [-0.1, -0.05) is 0 Å². The average Bonchev–Trinajstić information content (AvgIpc) is 2.07. The first kappa shape index (κ1) is 9.87. The Morgan fingerprint density at radius 3 is 2.62 bits per heavy atom. The molecule has 3 rings (SSSR count). The molecular formula is C12H17N3O. The van der Waals surface area contributed by atoms with E-state index in [1.807, 2.05) is 13.0 Å². The summed E-state index contributed by atoms with van der Waals surface area (Å²) in [5, 5.41) is 0. The molecule has 1 aromatic heterocycles. The van der Waals surface area contributed by atoms with E-state index in [0.717, 1.165) is 30.6 Å². The van der Waals surface area contributed by atoms with Gasteiger partial charge in [0.2, 0.25) is 11.8 Å². The molecule has 4 heteroatoms. The second kappa shape index (κ2) is 3.92. The minimum absolute atomic E-state index is 0.388. The molecule has 16 heavy (non-hydrogen) atoms. The number of nitrogens with zero attached hydrogens (tertiary/aromatic N) is 3. The molecule has 0 N–H and O–H groups in total. The summed E-state index contributed by atoms with van der Waals surface area (Å²) in [6.07, 6.45) is 5.26. The van der Waals surface area contributed by atoms with Crippen LogP contribution in [-0.2, 0) is 0 Å². The molecule has 1 aliphatic carbocycles. The van der Waals surface area contributed by atoms with E-state index in [9.17, 15) is 0 Å². The maximum absolute atomic E-state index is 5.81. The molecule has 1 saturated heterocycles. The largest absolute Gasteiger partial charge is 0.474 e. The molecule has 2 aliphatic rings. The van der Waals surface area contributed by atoms with Crippen LogP contribution >= 0.6 is 0 Å². The topological polar surface area (TPSA) is 38.2 Å². The highest BCUT2D eigenvalue weighted by Crippen LogP contribution is 2.26. The van der Waals surface area contributed by atoms with Gasteiger partial charge in [-0.25, -0.2) is 4.98 Å². The smallest absolute Gasteiger partial charge is 0.228 e. The van der Waals surface area contributed by atoms with Gasteiger partial charge in [-0.3, -0.25) is 0 Å². The Morgan fingerprint density at radius 2 is 2.06 bits per heavy atom. The first-order valence-electron chi connectivity index (χ1n) is 6.08. The molecule has 0 bridgehead atoms. The fourth-order valence-electron chi connectivity index (χ4n) is 1.90. The van der Waals surface area contributed by atoms with E-state index in [0.29, 0.717) is 6.10 Å². The third kappa shape index (κ3) is 1.84. The van der Waals surface area contributed by atoms with Crippen LogP contribution in [0, 0.1) is 6.92 Å². The van der Waals surface area contributed by atoms with Gasteiger partial charge in [0.1, 0.15) is 6.10 Å². The van der Waals surface area contributed by atoms with Crippen molar-refractivity contribution in [2.45, 2.75) is 38.7 Å². The molecule has 2 heterocycles. The Morgan fingerprint density at radius 1 is 1.25 bits per heavy atom. The predicted molar refractivity (Wildman–Crippen MR) is 61.9 cm³/mol. The summed E-state index contributed by atoms with van der Waals surface area (Å²) in [6, 6.07) is 1.93. The Hall–Kier alpha value is -1.32. The van der Waals surface area contributed by atoms with Crippen LogP contribution in [0.2, 0.25) is 0 Å². The van der Waals surface area contributed by atoms with Crippen molar-refractivity contribution < 1.29 is 4.74 Å². The molecule has 1 aliphatic heterocycles. The molecule has 0 radical (unpaired) electrons. The number of aryl methyl sites for hydroxylation is 1. The minimum Gasteiger partial charge on any atom is -0.474 e. The third-order valence-electron chi connectivity index (χ3n) is 3.30. The molecule has 0 unspecified atom stereocenters. The molecule has 2 fully saturated rings. The molecule has 0 spiro atoms. The van der Waals surface area contributed by atoms with Crippen LogP contribution in [0.5, 0.6) is 5.88 Å². The van der Waals surface area contributed by atoms with Crippen molar-refractivity contribution in [1.29, 1.82) is 0 Å². The lowest BCUT2D eigenvalue weighted by atomic mass is 9.96. The second-order valence-electron chi connectivity index (χ2n) is 4.66. The number of aromatic nitrogens is 2. The molecular weight excluding hydrogens is 202 g/mol. The van der Waals surface area contributed by atoms with Gasteiger partial charge in [0.15, 0.2) is 0 Å². The number of ether oxygens (including phenoxy) is 1. The standard InChI is InChI=1S/C12H17N3O/c1-9-8-11(16-10-4-2-5-10)14-12(13-9)15-6-3-7-15/h8,10H,2-7H2,1H3. The monoisotopic (exact) mass is 219 g/mol. The Balaban J connectivity index is 1.77. The van der Waals surface area contributed by atoms with Crippen LogP contribution in [0.25, 0.3) is 0 Å². The van der Waals surface area contributed by atoms with Crippen molar-refractivity contribution in [3.05, 3.63) is 11.8 Å². The van der Waals surface area contributed by atoms with Crippen molar-refractivity contribution in [3.63, 3.8) is 0 Å². The van der Waals surface area contributed by atoms with E-state index in [2.05, 4.69) is 14.9 Å². The second-order valence-corrected chi connectivity index (χ2v) is 4.66. The maximum atomic E-state index is 5.81. The zero-order chi connectivity index (χ0) is 11.0. The summed E-state index contributed by atoms with van der Waals surface area (Å²) in [5.41, 5.74) is 0.992. The van der Waals surface area contributed by atoms with Gasteiger partial charge in [0.25, 0.3) is 0 Å². The molecule has 4 nitrogen and oxygen atoms in total. The maximum Gasteiger partial charge on any atom is 0.228 e. The fraction of sp³-hybridized carbons (Fsp3) is 0.667. The van der Waals surface area contributed by atoms with Gasteiger partial charge in [0.05, 0.1) is 0 Å². The summed E-state index contributed by atoms with van der Waals surface area (Å²) in [6.45, 7) is 4.15. The van der Waals surface area contributed by atoms with Gasteiger partial charge in [-0.2, -0.15) is 4.98 Å². The Kier molecular flexibility index (Phi) is 2.42. The summed E-state index contributed by atoms with van der Waals surface area (Å²) in [4.78, 5) is 11.1. The number of anilines is 1. The summed E-state index contributed by atoms with van der Waals surface area (Å²) in [5.74, 6) is 1.58. The van der Waals surface area contributed by atoms with E-state index in [4.69, 9.17) is 4.74 Å². The number of rotatable bonds is 3. The SMILES string of the molecule is Cc1cc(OC2CCC2)nc(N2CCC2)n1. The lowest BCUT2D eigenvalue weighted by molar-refractivity contribution is 0.114. The van der Waals surface area contributed by atoms with E-state index >= 15 is 0 Å². The van der Waals surface area contributed by atoms with Gasteiger partial charge in [-0.05, 0) is 32.6 Å². The quantitative estimate of drug-likeness (QED) is 0.778. The number of hydrogen-bond donors (Lipinski definition) is 0. The molecule has 0 aromatic carbocycles. The van der Waals surface area contributed by atoms with Crippen LogP contribution in [0.1, 0.15) is 31.4 Å². The van der Waals surface area contributed by atoms with E-state index in [-0.39, 0.29) is 0 Å². The van der Waals surface area contributed by atoms with Crippen molar-refractivity contribution >= 4 is 5.95 Å². The molecule has 0 atom stereocenters. The normalized spacial score (nSPS) is 20.2. The summed E-state index contributed by atoms with van der Waals surface area (Å²) >= 11 is 0. The van der Waals surface area contributed by atoms with E-state index in [1.54, 1.807) is 0 Å². The lowest BCUT2D eigenvalue weighted by Gasteiger charge is -2.31. The van der Waals surface area contributed by atoms with E-state index < -0.39 is 0 Å². The van der Waals surface area contributed by atoms with Gasteiger partial charge >= 0.3 is 0 Å². The van der Waals surface area contributed by atoms with E-state index in [1.165, 1.54) is 25.7 Å². The highest BCUT2D eigenvalue weighted by molar-refractivity contribution is 5.36. The van der Waals surface area contributed by atoms with Crippen molar-refractivity contribution in [2.24, 2.45) is 0 Å². The number of hydrogen-bond acceptors (Lipinski definition) is 4. The van der Waals surface area contributed by atoms with Gasteiger partial charge in [-0.15, -0.1) is 0 Å². The van der Waals surface area contributed by atoms with Gasteiger partial charge in [0, 0.05) is 24.8 Å². The highest BCUT2D eigenvalue weighted by atomic mass is 16.5. The van der Waals surface area contributed by atoms with Crippen molar-refractivity contribution in [3.8, 4) is 5.88 Å². The zero-order valence-corrected chi connectivity index (χ0v) is 9.65. The molecule has 1 saturated carbocycles. The van der Waals surface area contributed by atoms with Crippen LogP contribution in [0.3, 0.4) is 0 Å². The van der Waals surface area contributed by atoms with Crippen LogP contribution in [-0.4, -0.2) is 29.2 Å². The predicted octanol–water partition coefficient (Wildman–Crippen LogP) is 1.93. The third-order valence-corrected chi connectivity index (χ3v) is 3.30. The Labute approximate surface area is 95.7 Å². The first-order chi connectivity index (χ1) is 7.81. The van der Waals surface area contributed by atoms with Crippen molar-refractivity contribution in [1.82, 2.24) is 9.97 Å². The summed E-state index contributed by atoms with van der Waals surface area (Å²) < 4.78 is 5.81. The Bertz CT molecular complexity index is 386. The molecule has 0 amide bonds.